The Morgan fingerprint density at radius 2 is 2.20 bits per heavy atom. The lowest BCUT2D eigenvalue weighted by atomic mass is 9.92. The van der Waals surface area contributed by atoms with E-state index in [1.807, 2.05) is 0 Å². The minimum atomic E-state index is 0.272. The molecule has 0 aromatic carbocycles. The number of hydrogen-bond acceptors (Lipinski definition) is 2. The molecular formula is C12H21NO2. The molecule has 3 nitrogen and oxygen atoms in total. The number of carbonyl (C=O) groups excluding carboxylic acids is 1. The Kier molecular flexibility index (Phi) is 4.01. The molecule has 3 heteroatoms. The van der Waals surface area contributed by atoms with Gasteiger partial charge in [-0.15, -0.1) is 0 Å². The molecule has 1 N–H and O–H groups in total. The average Bonchev–Trinajstić information content (AvgIpc) is 2.74. The largest absolute Gasteiger partial charge is 0.378 e. The lowest BCUT2D eigenvalue weighted by Gasteiger charge is -2.22. The zero-order chi connectivity index (χ0) is 10.5. The third kappa shape index (κ3) is 3.20. The van der Waals surface area contributed by atoms with Crippen LogP contribution < -0.4 is 5.32 Å². The van der Waals surface area contributed by atoms with Gasteiger partial charge in [-0.25, -0.2) is 0 Å². The number of piperidine rings is 1. The summed E-state index contributed by atoms with van der Waals surface area (Å²) in [5.41, 5.74) is 0. The van der Waals surface area contributed by atoms with E-state index in [1.165, 1.54) is 12.8 Å². The second kappa shape index (κ2) is 5.50. The van der Waals surface area contributed by atoms with Crippen molar-refractivity contribution in [2.75, 3.05) is 13.2 Å². The van der Waals surface area contributed by atoms with Gasteiger partial charge in [0.25, 0.3) is 0 Å². The van der Waals surface area contributed by atoms with E-state index >= 15 is 0 Å². The zero-order valence-electron chi connectivity index (χ0n) is 9.34. The molecule has 2 atom stereocenters. The van der Waals surface area contributed by atoms with E-state index < -0.39 is 0 Å². The third-order valence-corrected chi connectivity index (χ3v) is 3.50. The molecule has 1 amide bonds. The number of hydrogen-bond donors (Lipinski definition) is 1. The highest BCUT2D eigenvalue weighted by Crippen LogP contribution is 2.22. The summed E-state index contributed by atoms with van der Waals surface area (Å²) in [6.45, 7) is 1.82. The molecule has 0 spiro atoms. The van der Waals surface area contributed by atoms with E-state index in [0.29, 0.717) is 6.10 Å². The smallest absolute Gasteiger partial charge is 0.223 e. The lowest BCUT2D eigenvalue weighted by molar-refractivity contribution is -0.126. The molecule has 0 aliphatic carbocycles. The Morgan fingerprint density at radius 3 is 2.93 bits per heavy atom. The van der Waals surface area contributed by atoms with Crippen molar-refractivity contribution in [2.45, 2.75) is 51.0 Å². The highest BCUT2D eigenvalue weighted by Gasteiger charge is 2.22. The third-order valence-electron chi connectivity index (χ3n) is 3.50. The average molecular weight is 211 g/mol. The van der Waals surface area contributed by atoms with Crippen molar-refractivity contribution in [1.82, 2.24) is 5.32 Å². The summed E-state index contributed by atoms with van der Waals surface area (Å²) in [7, 11) is 0. The minimum absolute atomic E-state index is 0.272. The minimum Gasteiger partial charge on any atom is -0.378 e. The number of nitrogens with one attached hydrogen (secondary N) is 1. The molecule has 15 heavy (non-hydrogen) atoms. The molecule has 2 aliphatic heterocycles. The van der Waals surface area contributed by atoms with Crippen molar-refractivity contribution in [1.29, 1.82) is 0 Å². The molecule has 0 radical (unpaired) electrons. The maximum absolute atomic E-state index is 11.5. The predicted molar refractivity (Wildman–Crippen MR) is 58.6 cm³/mol. The Bertz CT molecular complexity index is 212. The van der Waals surface area contributed by atoms with Crippen molar-refractivity contribution in [2.24, 2.45) is 5.92 Å². The van der Waals surface area contributed by atoms with Gasteiger partial charge in [0.15, 0.2) is 0 Å². The van der Waals surface area contributed by atoms with E-state index in [4.69, 9.17) is 4.74 Å². The van der Waals surface area contributed by atoms with Crippen molar-refractivity contribution in [3.05, 3.63) is 0 Å². The fourth-order valence-electron chi connectivity index (χ4n) is 2.57. The summed E-state index contributed by atoms with van der Waals surface area (Å²) in [6, 6.07) is 0. The summed E-state index contributed by atoms with van der Waals surface area (Å²) in [4.78, 5) is 11.5. The molecule has 2 unspecified atom stereocenters. The zero-order valence-corrected chi connectivity index (χ0v) is 9.34. The Balaban J connectivity index is 1.61. The standard InChI is InChI=1S/C12H21NO2/c14-12-10(5-2-8-13-12)4-1-6-11-7-3-9-15-11/h10-11H,1-9H2,(H,13,14). The maximum atomic E-state index is 11.5. The number of carbonyl (C=O) groups is 1. The van der Waals surface area contributed by atoms with Crippen LogP contribution in [0.25, 0.3) is 0 Å². The van der Waals surface area contributed by atoms with E-state index in [0.717, 1.165) is 45.3 Å². The normalized spacial score (nSPS) is 31.6. The van der Waals surface area contributed by atoms with Crippen LogP contribution >= 0.6 is 0 Å². The number of amides is 1. The van der Waals surface area contributed by atoms with E-state index in [9.17, 15) is 4.79 Å². The van der Waals surface area contributed by atoms with Gasteiger partial charge in [0.2, 0.25) is 5.91 Å². The van der Waals surface area contributed by atoms with Crippen LogP contribution in [0.1, 0.15) is 44.9 Å². The first-order valence-corrected chi connectivity index (χ1v) is 6.25. The molecule has 2 heterocycles. The first-order valence-electron chi connectivity index (χ1n) is 6.25. The molecule has 0 aromatic rings. The SMILES string of the molecule is O=C1NCCCC1CCCC1CCCO1. The van der Waals surface area contributed by atoms with Crippen LogP contribution in [0.15, 0.2) is 0 Å². The van der Waals surface area contributed by atoms with Gasteiger partial charge in [0, 0.05) is 19.1 Å². The van der Waals surface area contributed by atoms with Crippen LogP contribution in [-0.4, -0.2) is 25.2 Å². The Labute approximate surface area is 91.6 Å². The van der Waals surface area contributed by atoms with Crippen LogP contribution in [0, 0.1) is 5.92 Å². The van der Waals surface area contributed by atoms with Crippen molar-refractivity contribution < 1.29 is 9.53 Å². The molecule has 86 valence electrons. The fourth-order valence-corrected chi connectivity index (χ4v) is 2.57. The van der Waals surface area contributed by atoms with Gasteiger partial charge in [-0.3, -0.25) is 4.79 Å². The molecule has 2 rings (SSSR count). The maximum Gasteiger partial charge on any atom is 0.223 e. The summed E-state index contributed by atoms with van der Waals surface area (Å²) < 4.78 is 5.57. The van der Waals surface area contributed by atoms with Gasteiger partial charge in [-0.05, 0) is 38.5 Å². The molecule has 0 aromatic heterocycles. The van der Waals surface area contributed by atoms with E-state index in [2.05, 4.69) is 5.32 Å². The highest BCUT2D eigenvalue weighted by atomic mass is 16.5. The van der Waals surface area contributed by atoms with Crippen LogP contribution in [0.2, 0.25) is 0 Å². The first kappa shape index (κ1) is 10.9. The van der Waals surface area contributed by atoms with Gasteiger partial charge in [-0.1, -0.05) is 6.42 Å². The molecule has 0 bridgehead atoms. The second-order valence-electron chi connectivity index (χ2n) is 4.70. The molecular weight excluding hydrogens is 190 g/mol. The summed E-state index contributed by atoms with van der Waals surface area (Å²) in [5.74, 6) is 0.550. The number of rotatable bonds is 4. The van der Waals surface area contributed by atoms with E-state index in [1.54, 1.807) is 0 Å². The molecule has 2 saturated heterocycles. The molecule has 0 saturated carbocycles. The van der Waals surface area contributed by atoms with Crippen LogP contribution in [0.4, 0.5) is 0 Å². The quantitative estimate of drug-likeness (QED) is 0.771. The monoisotopic (exact) mass is 211 g/mol. The fraction of sp³-hybridized carbons (Fsp3) is 0.917. The highest BCUT2D eigenvalue weighted by molar-refractivity contribution is 5.79. The summed E-state index contributed by atoms with van der Waals surface area (Å²) in [5, 5.41) is 2.94. The van der Waals surface area contributed by atoms with Crippen molar-refractivity contribution >= 4 is 5.91 Å². The van der Waals surface area contributed by atoms with Gasteiger partial charge in [0.1, 0.15) is 0 Å². The lowest BCUT2D eigenvalue weighted by Crippen LogP contribution is -2.36. The van der Waals surface area contributed by atoms with Crippen LogP contribution in [0.3, 0.4) is 0 Å². The van der Waals surface area contributed by atoms with Gasteiger partial charge < -0.3 is 10.1 Å². The van der Waals surface area contributed by atoms with Crippen molar-refractivity contribution in [3.8, 4) is 0 Å². The Hall–Kier alpha value is -0.570. The first-order chi connectivity index (χ1) is 7.36. The summed E-state index contributed by atoms with van der Waals surface area (Å²) >= 11 is 0. The Morgan fingerprint density at radius 1 is 1.27 bits per heavy atom. The summed E-state index contributed by atoms with van der Waals surface area (Å²) in [6.07, 6.45) is 8.48. The van der Waals surface area contributed by atoms with E-state index in [-0.39, 0.29) is 11.8 Å². The van der Waals surface area contributed by atoms with Crippen LogP contribution in [0.5, 0.6) is 0 Å². The number of ether oxygens (including phenoxy) is 1. The van der Waals surface area contributed by atoms with Gasteiger partial charge >= 0.3 is 0 Å². The van der Waals surface area contributed by atoms with Gasteiger partial charge in [-0.2, -0.15) is 0 Å². The second-order valence-corrected chi connectivity index (χ2v) is 4.70. The van der Waals surface area contributed by atoms with Crippen molar-refractivity contribution in [3.63, 3.8) is 0 Å². The predicted octanol–water partition coefficient (Wildman–Crippen LogP) is 1.86. The molecule has 2 aliphatic rings. The molecule has 2 fully saturated rings. The topological polar surface area (TPSA) is 38.3 Å². The van der Waals surface area contributed by atoms with Crippen LogP contribution in [-0.2, 0) is 9.53 Å². The van der Waals surface area contributed by atoms with Gasteiger partial charge in [0.05, 0.1) is 6.10 Å².